The van der Waals surface area contributed by atoms with Crippen molar-refractivity contribution in [1.29, 1.82) is 0 Å². The average molecular weight is 296 g/mol. The zero-order chi connectivity index (χ0) is 15.0. The van der Waals surface area contributed by atoms with Gasteiger partial charge >= 0.3 is 12.0 Å². The number of nitrogens with one attached hydrogen (secondary N) is 2. The highest BCUT2D eigenvalue weighted by molar-refractivity contribution is 7.99. The van der Waals surface area contributed by atoms with Gasteiger partial charge in [0.2, 0.25) is 0 Å². The fourth-order valence-corrected chi connectivity index (χ4v) is 1.85. The molecule has 0 aliphatic heterocycles. The molecule has 20 heavy (non-hydrogen) atoms. The minimum atomic E-state index is -1.32. The Hall–Kier alpha value is -2.20. The molecule has 0 aliphatic carbocycles. The van der Waals surface area contributed by atoms with Gasteiger partial charge in [-0.15, -0.1) is 18.2 Å². The number of benzene rings is 1. The van der Waals surface area contributed by atoms with E-state index in [4.69, 9.17) is 11.5 Å². The molecule has 2 amide bonds. The lowest BCUT2D eigenvalue weighted by atomic mass is 10.2. The number of urea groups is 1. The third-order valence-corrected chi connectivity index (χ3v) is 3.04. The molecule has 1 rings (SSSR count). The molecular weight excluding hydrogens is 283 g/mol. The molecule has 0 saturated heterocycles. The summed E-state index contributed by atoms with van der Waals surface area (Å²) in [6.07, 6.45) is 5.07. The monoisotopic (exact) mass is 296 g/mol. The maximum atomic E-state index is 13.0. The van der Waals surface area contributed by atoms with E-state index in [9.17, 15) is 14.0 Å². The van der Waals surface area contributed by atoms with Gasteiger partial charge in [-0.2, -0.15) is 0 Å². The summed E-state index contributed by atoms with van der Waals surface area (Å²) in [5.74, 6) is 1.66. The van der Waals surface area contributed by atoms with Crippen molar-refractivity contribution in [2.45, 2.75) is 0 Å². The summed E-state index contributed by atoms with van der Waals surface area (Å²) in [5, 5.41) is 13.8. The van der Waals surface area contributed by atoms with E-state index in [0.29, 0.717) is 18.1 Å². The molecule has 7 heteroatoms. The first kappa shape index (κ1) is 15.9. The van der Waals surface area contributed by atoms with E-state index < -0.39 is 17.8 Å². The molecule has 1 aromatic rings. The van der Waals surface area contributed by atoms with Crippen molar-refractivity contribution in [1.82, 2.24) is 5.32 Å². The number of halogens is 1. The Bertz CT molecular complexity index is 543. The standard InChI is InChI=1S/C13H13FN2O3S/c1-2-6-20-7-5-15-13(19)16-11-4-3-9(14)8-10(11)12(17)18/h1,3-4,8H,5-7H2,(H,17,18)(H2,15,16,19). The number of carboxylic acid groups (broad SMARTS) is 1. The second kappa shape index (κ2) is 8.07. The van der Waals surface area contributed by atoms with Crippen molar-refractivity contribution in [3.05, 3.63) is 29.6 Å². The van der Waals surface area contributed by atoms with Gasteiger partial charge in [0.25, 0.3) is 0 Å². The van der Waals surface area contributed by atoms with Crippen LogP contribution in [0.2, 0.25) is 0 Å². The maximum Gasteiger partial charge on any atom is 0.337 e. The lowest BCUT2D eigenvalue weighted by molar-refractivity contribution is 0.0697. The molecular formula is C13H13FN2O3S. The predicted octanol–water partition coefficient (Wildman–Crippen LogP) is 2.01. The van der Waals surface area contributed by atoms with Crippen LogP contribution in [0.5, 0.6) is 0 Å². The van der Waals surface area contributed by atoms with E-state index in [1.54, 1.807) is 0 Å². The Labute approximate surface area is 119 Å². The van der Waals surface area contributed by atoms with Crippen molar-refractivity contribution in [2.24, 2.45) is 0 Å². The van der Waals surface area contributed by atoms with E-state index in [0.717, 1.165) is 12.1 Å². The molecule has 0 aliphatic rings. The molecule has 0 fully saturated rings. The van der Waals surface area contributed by atoms with Gasteiger partial charge in [-0.25, -0.2) is 14.0 Å². The quantitative estimate of drug-likeness (QED) is 0.554. The molecule has 3 N–H and O–H groups in total. The van der Waals surface area contributed by atoms with Crippen LogP contribution in [0.25, 0.3) is 0 Å². The Morgan fingerprint density at radius 1 is 1.45 bits per heavy atom. The van der Waals surface area contributed by atoms with Crippen molar-refractivity contribution >= 4 is 29.4 Å². The number of terminal acetylenes is 1. The first-order valence-electron chi connectivity index (χ1n) is 5.63. The number of carbonyl (C=O) groups is 2. The average Bonchev–Trinajstić information content (AvgIpc) is 2.40. The number of hydrogen-bond acceptors (Lipinski definition) is 3. The number of anilines is 1. The molecule has 1 aromatic carbocycles. The zero-order valence-corrected chi connectivity index (χ0v) is 11.3. The molecule has 0 radical (unpaired) electrons. The van der Waals surface area contributed by atoms with E-state index in [1.165, 1.54) is 17.8 Å². The maximum absolute atomic E-state index is 13.0. The lowest BCUT2D eigenvalue weighted by Gasteiger charge is -2.09. The van der Waals surface area contributed by atoms with Crippen molar-refractivity contribution in [3.63, 3.8) is 0 Å². The van der Waals surface area contributed by atoms with Crippen LogP contribution in [-0.2, 0) is 0 Å². The van der Waals surface area contributed by atoms with Crippen molar-refractivity contribution in [3.8, 4) is 12.3 Å². The summed E-state index contributed by atoms with van der Waals surface area (Å²) in [4.78, 5) is 22.5. The zero-order valence-electron chi connectivity index (χ0n) is 10.5. The number of carbonyl (C=O) groups excluding carboxylic acids is 1. The fraction of sp³-hybridized carbons (Fsp3) is 0.231. The van der Waals surface area contributed by atoms with Crippen LogP contribution >= 0.6 is 11.8 Å². The van der Waals surface area contributed by atoms with Crippen LogP contribution < -0.4 is 10.6 Å². The second-order valence-corrected chi connectivity index (χ2v) is 4.74. The van der Waals surface area contributed by atoms with Crippen LogP contribution in [0.4, 0.5) is 14.9 Å². The third kappa shape index (κ3) is 5.20. The summed E-state index contributed by atoms with van der Waals surface area (Å²) in [6, 6.07) is 2.57. The third-order valence-electron chi connectivity index (χ3n) is 2.18. The first-order chi connectivity index (χ1) is 9.54. The normalized spacial score (nSPS) is 9.60. The number of amides is 2. The molecule has 5 nitrogen and oxygen atoms in total. The van der Waals surface area contributed by atoms with Crippen LogP contribution in [0.1, 0.15) is 10.4 Å². The van der Waals surface area contributed by atoms with Crippen molar-refractivity contribution < 1.29 is 19.1 Å². The molecule has 0 heterocycles. The van der Waals surface area contributed by atoms with Gasteiger partial charge in [0, 0.05) is 12.3 Å². The first-order valence-corrected chi connectivity index (χ1v) is 6.79. The van der Waals surface area contributed by atoms with E-state index in [1.807, 2.05) is 0 Å². The SMILES string of the molecule is C#CCSCCNC(=O)Nc1ccc(F)cc1C(=O)O. The smallest absolute Gasteiger partial charge is 0.337 e. The summed E-state index contributed by atoms with van der Waals surface area (Å²) in [5.41, 5.74) is -0.269. The van der Waals surface area contributed by atoms with Gasteiger partial charge in [0.05, 0.1) is 17.0 Å². The topological polar surface area (TPSA) is 78.4 Å². The van der Waals surface area contributed by atoms with Gasteiger partial charge in [0.1, 0.15) is 5.82 Å². The highest BCUT2D eigenvalue weighted by Crippen LogP contribution is 2.16. The minimum Gasteiger partial charge on any atom is -0.478 e. The second-order valence-electron chi connectivity index (χ2n) is 3.63. The number of aromatic carboxylic acids is 1. The lowest BCUT2D eigenvalue weighted by Crippen LogP contribution is -2.31. The fourth-order valence-electron chi connectivity index (χ4n) is 1.34. The summed E-state index contributed by atoms with van der Waals surface area (Å²) in [7, 11) is 0. The number of rotatable bonds is 6. The molecule has 106 valence electrons. The van der Waals surface area contributed by atoms with Gasteiger partial charge in [-0.3, -0.25) is 0 Å². The Morgan fingerprint density at radius 3 is 2.85 bits per heavy atom. The molecule has 0 aromatic heterocycles. The number of carboxylic acids is 1. The van der Waals surface area contributed by atoms with Gasteiger partial charge in [0.15, 0.2) is 0 Å². The molecule has 0 saturated carbocycles. The molecule has 0 spiro atoms. The molecule has 0 atom stereocenters. The Kier molecular flexibility index (Phi) is 6.40. The summed E-state index contributed by atoms with van der Waals surface area (Å²) < 4.78 is 13.0. The van der Waals surface area contributed by atoms with Gasteiger partial charge in [-0.1, -0.05) is 5.92 Å². The largest absolute Gasteiger partial charge is 0.478 e. The highest BCUT2D eigenvalue weighted by atomic mass is 32.2. The van der Waals surface area contributed by atoms with Crippen molar-refractivity contribution in [2.75, 3.05) is 23.4 Å². The molecule has 0 bridgehead atoms. The van der Waals surface area contributed by atoms with Crippen LogP contribution in [0.15, 0.2) is 18.2 Å². The van der Waals surface area contributed by atoms with Gasteiger partial charge in [-0.05, 0) is 18.2 Å². The minimum absolute atomic E-state index is 0.0349. The van der Waals surface area contributed by atoms with Crippen LogP contribution in [0.3, 0.4) is 0 Å². The number of thioether (sulfide) groups is 1. The molecule has 0 unspecified atom stereocenters. The van der Waals surface area contributed by atoms with E-state index in [2.05, 4.69) is 16.6 Å². The number of hydrogen-bond donors (Lipinski definition) is 3. The Balaban J connectivity index is 2.54. The van der Waals surface area contributed by atoms with Crippen LogP contribution in [-0.4, -0.2) is 35.2 Å². The van der Waals surface area contributed by atoms with E-state index >= 15 is 0 Å². The Morgan fingerprint density at radius 2 is 2.20 bits per heavy atom. The van der Waals surface area contributed by atoms with Crippen LogP contribution in [0, 0.1) is 18.2 Å². The summed E-state index contributed by atoms with van der Waals surface area (Å²) in [6.45, 7) is 0.391. The predicted molar refractivity (Wildman–Crippen MR) is 76.5 cm³/mol. The van der Waals surface area contributed by atoms with Gasteiger partial charge < -0.3 is 15.7 Å². The summed E-state index contributed by atoms with van der Waals surface area (Å²) >= 11 is 1.49. The highest BCUT2D eigenvalue weighted by Gasteiger charge is 2.13. The van der Waals surface area contributed by atoms with E-state index in [-0.39, 0.29) is 11.3 Å².